The number of rotatable bonds is 3. The van der Waals surface area contributed by atoms with Crippen molar-refractivity contribution in [3.8, 4) is 11.3 Å². The number of hydrogen-bond acceptors (Lipinski definition) is 3. The molecule has 0 spiro atoms. The van der Waals surface area contributed by atoms with Crippen molar-refractivity contribution >= 4 is 5.97 Å². The molecule has 0 unspecified atom stereocenters. The molecule has 5 heteroatoms. The molecule has 0 amide bonds. The molecular weight excluding hydrogens is 225 g/mol. The molecule has 0 saturated heterocycles. The molecule has 4 nitrogen and oxygen atoms in total. The summed E-state index contributed by atoms with van der Waals surface area (Å²) < 4.78 is 18.4. The van der Waals surface area contributed by atoms with Crippen molar-refractivity contribution < 1.29 is 18.7 Å². The van der Waals surface area contributed by atoms with Gasteiger partial charge in [0.15, 0.2) is 5.76 Å². The number of aryl methyl sites for hydroxylation is 1. The van der Waals surface area contributed by atoms with Crippen LogP contribution in [-0.2, 0) is 11.2 Å². The minimum atomic E-state index is -1.02. The number of aromatic nitrogens is 1. The average Bonchev–Trinajstić information content (AvgIpc) is 2.58. The SMILES string of the molecule is Cc1nc(CC(=O)O)oc1-c1cccc(F)c1. The molecule has 1 aromatic heterocycles. The monoisotopic (exact) mass is 235 g/mol. The molecule has 0 radical (unpaired) electrons. The number of oxazole rings is 1. The van der Waals surface area contributed by atoms with Crippen LogP contribution in [0.4, 0.5) is 4.39 Å². The fraction of sp³-hybridized carbons (Fsp3) is 0.167. The number of halogens is 1. The summed E-state index contributed by atoms with van der Waals surface area (Å²) in [5.41, 5.74) is 1.10. The molecule has 17 heavy (non-hydrogen) atoms. The lowest BCUT2D eigenvalue weighted by Crippen LogP contribution is -1.99. The van der Waals surface area contributed by atoms with Crippen molar-refractivity contribution in [1.29, 1.82) is 0 Å². The maximum absolute atomic E-state index is 13.0. The first-order chi connectivity index (χ1) is 8.06. The van der Waals surface area contributed by atoms with Crippen LogP contribution in [-0.4, -0.2) is 16.1 Å². The van der Waals surface area contributed by atoms with Crippen LogP contribution in [0.5, 0.6) is 0 Å². The van der Waals surface area contributed by atoms with Crippen molar-refractivity contribution in [3.05, 3.63) is 41.7 Å². The summed E-state index contributed by atoms with van der Waals surface area (Å²) in [7, 11) is 0. The van der Waals surface area contributed by atoms with Crippen LogP contribution >= 0.6 is 0 Å². The topological polar surface area (TPSA) is 63.3 Å². The van der Waals surface area contributed by atoms with Gasteiger partial charge in [0, 0.05) is 5.56 Å². The Morgan fingerprint density at radius 2 is 2.29 bits per heavy atom. The van der Waals surface area contributed by atoms with Gasteiger partial charge in [-0.1, -0.05) is 12.1 Å². The van der Waals surface area contributed by atoms with E-state index in [2.05, 4.69) is 4.98 Å². The number of nitrogens with zero attached hydrogens (tertiary/aromatic N) is 1. The lowest BCUT2D eigenvalue weighted by molar-refractivity contribution is -0.136. The van der Waals surface area contributed by atoms with E-state index in [0.29, 0.717) is 17.0 Å². The maximum Gasteiger partial charge on any atom is 0.312 e. The molecule has 1 aromatic carbocycles. The van der Waals surface area contributed by atoms with Crippen molar-refractivity contribution in [2.24, 2.45) is 0 Å². The highest BCUT2D eigenvalue weighted by Gasteiger charge is 2.14. The number of carbonyl (C=O) groups is 1. The van der Waals surface area contributed by atoms with Crippen LogP contribution in [0.3, 0.4) is 0 Å². The van der Waals surface area contributed by atoms with E-state index in [1.54, 1.807) is 19.1 Å². The minimum absolute atomic E-state index is 0.120. The van der Waals surface area contributed by atoms with Gasteiger partial charge in [-0.15, -0.1) is 0 Å². The predicted octanol–water partition coefficient (Wildman–Crippen LogP) is 2.42. The molecule has 1 heterocycles. The smallest absolute Gasteiger partial charge is 0.312 e. The Kier molecular flexibility index (Phi) is 2.91. The molecule has 0 atom stereocenters. The van der Waals surface area contributed by atoms with Crippen molar-refractivity contribution in [1.82, 2.24) is 4.98 Å². The number of carboxylic acid groups (broad SMARTS) is 1. The van der Waals surface area contributed by atoms with Crippen LogP contribution in [0.1, 0.15) is 11.6 Å². The van der Waals surface area contributed by atoms with Gasteiger partial charge in [-0.05, 0) is 19.1 Å². The van der Waals surface area contributed by atoms with E-state index in [-0.39, 0.29) is 18.1 Å². The highest BCUT2D eigenvalue weighted by atomic mass is 19.1. The summed E-state index contributed by atoms with van der Waals surface area (Å²) in [5, 5.41) is 8.62. The summed E-state index contributed by atoms with van der Waals surface area (Å²) in [5.74, 6) is -0.870. The normalized spacial score (nSPS) is 10.5. The highest BCUT2D eigenvalue weighted by molar-refractivity contribution is 5.69. The number of benzene rings is 1. The fourth-order valence-electron chi connectivity index (χ4n) is 1.55. The van der Waals surface area contributed by atoms with Crippen molar-refractivity contribution in [2.45, 2.75) is 13.3 Å². The van der Waals surface area contributed by atoms with Crippen LogP contribution in [0.25, 0.3) is 11.3 Å². The second-order valence-electron chi connectivity index (χ2n) is 3.60. The second kappa shape index (κ2) is 4.37. The molecule has 0 bridgehead atoms. The van der Waals surface area contributed by atoms with E-state index in [1.165, 1.54) is 12.1 Å². The Labute approximate surface area is 96.7 Å². The lowest BCUT2D eigenvalue weighted by atomic mass is 10.1. The highest BCUT2D eigenvalue weighted by Crippen LogP contribution is 2.25. The first-order valence-electron chi connectivity index (χ1n) is 5.00. The molecule has 0 fully saturated rings. The maximum atomic E-state index is 13.0. The predicted molar refractivity (Wildman–Crippen MR) is 58.0 cm³/mol. The van der Waals surface area contributed by atoms with E-state index in [9.17, 15) is 9.18 Å². The lowest BCUT2D eigenvalue weighted by Gasteiger charge is -1.97. The van der Waals surface area contributed by atoms with Gasteiger partial charge in [0.2, 0.25) is 5.89 Å². The van der Waals surface area contributed by atoms with E-state index in [1.807, 2.05) is 0 Å². The van der Waals surface area contributed by atoms with E-state index >= 15 is 0 Å². The third kappa shape index (κ3) is 2.50. The van der Waals surface area contributed by atoms with E-state index < -0.39 is 5.97 Å². The summed E-state index contributed by atoms with van der Waals surface area (Å²) in [6, 6.07) is 5.88. The largest absolute Gasteiger partial charge is 0.481 e. The summed E-state index contributed by atoms with van der Waals surface area (Å²) >= 11 is 0. The number of hydrogen-bond donors (Lipinski definition) is 1. The number of carboxylic acids is 1. The molecule has 1 N–H and O–H groups in total. The van der Waals surface area contributed by atoms with E-state index in [0.717, 1.165) is 0 Å². The second-order valence-corrected chi connectivity index (χ2v) is 3.60. The summed E-state index contributed by atoms with van der Waals surface area (Å²) in [6.45, 7) is 1.69. The van der Waals surface area contributed by atoms with Gasteiger partial charge in [0.1, 0.15) is 12.2 Å². The molecule has 0 aliphatic rings. The zero-order valence-corrected chi connectivity index (χ0v) is 9.11. The number of aliphatic carboxylic acids is 1. The molecule has 0 saturated carbocycles. The zero-order chi connectivity index (χ0) is 12.4. The molecular formula is C12H10FNO3. The van der Waals surface area contributed by atoms with E-state index in [4.69, 9.17) is 9.52 Å². The summed E-state index contributed by atoms with van der Waals surface area (Å²) in [4.78, 5) is 14.5. The zero-order valence-electron chi connectivity index (χ0n) is 9.11. The third-order valence-corrected chi connectivity index (χ3v) is 2.23. The van der Waals surface area contributed by atoms with Gasteiger partial charge in [-0.2, -0.15) is 0 Å². The van der Waals surface area contributed by atoms with Gasteiger partial charge in [-0.3, -0.25) is 4.79 Å². The standard InChI is InChI=1S/C12H10FNO3/c1-7-12(8-3-2-4-9(13)5-8)17-10(14-7)6-11(15)16/h2-5H,6H2,1H3,(H,15,16). The van der Waals surface area contributed by atoms with Gasteiger partial charge < -0.3 is 9.52 Å². The van der Waals surface area contributed by atoms with Gasteiger partial charge in [0.05, 0.1) is 5.69 Å². The van der Waals surface area contributed by atoms with Gasteiger partial charge in [-0.25, -0.2) is 9.37 Å². The minimum Gasteiger partial charge on any atom is -0.481 e. The Morgan fingerprint density at radius 1 is 1.53 bits per heavy atom. The van der Waals surface area contributed by atoms with Crippen molar-refractivity contribution in [3.63, 3.8) is 0 Å². The Bertz CT molecular complexity index is 563. The molecule has 88 valence electrons. The Balaban J connectivity index is 2.39. The molecule has 0 aliphatic carbocycles. The van der Waals surface area contributed by atoms with Gasteiger partial charge >= 0.3 is 5.97 Å². The first-order valence-corrected chi connectivity index (χ1v) is 5.00. The third-order valence-electron chi connectivity index (χ3n) is 2.23. The fourth-order valence-corrected chi connectivity index (χ4v) is 1.55. The van der Waals surface area contributed by atoms with Crippen LogP contribution in [0, 0.1) is 12.7 Å². The van der Waals surface area contributed by atoms with Crippen molar-refractivity contribution in [2.75, 3.05) is 0 Å². The Hall–Kier alpha value is -2.17. The first kappa shape index (κ1) is 11.3. The van der Waals surface area contributed by atoms with Crippen LogP contribution in [0.15, 0.2) is 28.7 Å². The average molecular weight is 235 g/mol. The summed E-state index contributed by atoms with van der Waals surface area (Å²) in [6.07, 6.45) is -0.282. The molecule has 2 rings (SSSR count). The van der Waals surface area contributed by atoms with Gasteiger partial charge in [0.25, 0.3) is 0 Å². The molecule has 2 aromatic rings. The van der Waals surface area contributed by atoms with Crippen LogP contribution < -0.4 is 0 Å². The quantitative estimate of drug-likeness (QED) is 0.887. The Morgan fingerprint density at radius 3 is 2.94 bits per heavy atom. The van der Waals surface area contributed by atoms with Crippen LogP contribution in [0.2, 0.25) is 0 Å². The molecule has 0 aliphatic heterocycles.